The summed E-state index contributed by atoms with van der Waals surface area (Å²) in [5, 5.41) is 6.98. The molecule has 3 aromatic rings. The molecule has 0 radical (unpaired) electrons. The van der Waals surface area contributed by atoms with Crippen LogP contribution in [-0.4, -0.2) is 16.8 Å². The Morgan fingerprint density at radius 2 is 1.61 bits per heavy atom. The van der Waals surface area contributed by atoms with Gasteiger partial charge in [0.2, 0.25) is 0 Å². The average Bonchev–Trinajstić information content (AvgIpc) is 2.57. The molecule has 2 N–H and O–H groups in total. The van der Waals surface area contributed by atoms with Gasteiger partial charge in [-0.05, 0) is 30.0 Å². The zero-order chi connectivity index (χ0) is 16.2. The maximum Gasteiger partial charge on any atom is 0.315 e. The number of aryl methyl sites for hydroxylation is 1. The van der Waals surface area contributed by atoms with Crippen LogP contribution in [0.2, 0.25) is 0 Å². The predicted octanol–water partition coefficient (Wildman–Crippen LogP) is 3.12. The molecule has 23 heavy (non-hydrogen) atoms. The largest absolute Gasteiger partial charge is 0.317 e. The van der Waals surface area contributed by atoms with Crippen molar-refractivity contribution in [2.24, 2.45) is 0 Å². The Kier molecular flexibility index (Phi) is 4.01. The Labute approximate surface area is 133 Å². The Hall–Kier alpha value is -3.21. The molecule has 0 aliphatic rings. The average molecular weight is 305 g/mol. The van der Waals surface area contributed by atoms with Crippen LogP contribution in [0.1, 0.15) is 5.56 Å². The number of benzene rings is 2. The number of fused-ring (bicyclic) bond motifs is 1. The monoisotopic (exact) mass is 305 g/mol. The van der Waals surface area contributed by atoms with Gasteiger partial charge in [0, 0.05) is 17.3 Å². The standard InChI is InChI=1S/C18H15N3O2/c1-12-9-10-16(19-11-12)21-18(23)17(22)20-15-8-4-6-13-5-2-3-7-14(13)15/h2-11H,1H3,(H,20,22)(H,19,21,23). The molecule has 0 aliphatic heterocycles. The second-order valence-electron chi connectivity index (χ2n) is 5.16. The number of carbonyl (C=O) groups excluding carboxylic acids is 2. The first-order chi connectivity index (χ1) is 11.1. The van der Waals surface area contributed by atoms with E-state index in [4.69, 9.17) is 0 Å². The second kappa shape index (κ2) is 6.27. The third-order valence-electron chi connectivity index (χ3n) is 3.40. The van der Waals surface area contributed by atoms with Crippen LogP contribution in [0.4, 0.5) is 11.5 Å². The fraction of sp³-hybridized carbons (Fsp3) is 0.0556. The van der Waals surface area contributed by atoms with Gasteiger partial charge in [0.05, 0.1) is 0 Å². The van der Waals surface area contributed by atoms with Crippen LogP contribution in [-0.2, 0) is 9.59 Å². The fourth-order valence-corrected chi connectivity index (χ4v) is 2.23. The van der Waals surface area contributed by atoms with Crippen LogP contribution >= 0.6 is 0 Å². The molecule has 0 bridgehead atoms. The van der Waals surface area contributed by atoms with Gasteiger partial charge in [-0.2, -0.15) is 0 Å². The number of carbonyl (C=O) groups is 2. The molecule has 0 aliphatic carbocycles. The lowest BCUT2D eigenvalue weighted by molar-refractivity contribution is -0.133. The molecule has 0 spiro atoms. The van der Waals surface area contributed by atoms with E-state index >= 15 is 0 Å². The minimum absolute atomic E-state index is 0.341. The van der Waals surface area contributed by atoms with Crippen molar-refractivity contribution in [1.82, 2.24) is 4.98 Å². The van der Waals surface area contributed by atoms with Crippen molar-refractivity contribution in [3.05, 3.63) is 66.4 Å². The van der Waals surface area contributed by atoms with Gasteiger partial charge in [-0.1, -0.05) is 42.5 Å². The van der Waals surface area contributed by atoms with Gasteiger partial charge in [-0.3, -0.25) is 9.59 Å². The predicted molar refractivity (Wildman–Crippen MR) is 90.2 cm³/mol. The van der Waals surface area contributed by atoms with Crippen LogP contribution in [0.5, 0.6) is 0 Å². The molecule has 0 unspecified atom stereocenters. The molecule has 0 saturated heterocycles. The molecule has 3 rings (SSSR count). The number of nitrogens with one attached hydrogen (secondary N) is 2. The van der Waals surface area contributed by atoms with Crippen molar-refractivity contribution in [3.8, 4) is 0 Å². The topological polar surface area (TPSA) is 71.1 Å². The number of pyridine rings is 1. The van der Waals surface area contributed by atoms with Crippen molar-refractivity contribution in [1.29, 1.82) is 0 Å². The van der Waals surface area contributed by atoms with Gasteiger partial charge in [-0.15, -0.1) is 0 Å². The molecule has 0 saturated carbocycles. The van der Waals surface area contributed by atoms with Crippen LogP contribution in [0, 0.1) is 6.92 Å². The molecule has 5 heteroatoms. The normalized spacial score (nSPS) is 10.3. The second-order valence-corrected chi connectivity index (χ2v) is 5.16. The van der Waals surface area contributed by atoms with E-state index in [0.717, 1.165) is 16.3 Å². The summed E-state index contributed by atoms with van der Waals surface area (Å²) in [6.07, 6.45) is 1.62. The first-order valence-corrected chi connectivity index (χ1v) is 7.16. The summed E-state index contributed by atoms with van der Waals surface area (Å²) < 4.78 is 0. The zero-order valence-electron chi connectivity index (χ0n) is 12.5. The lowest BCUT2D eigenvalue weighted by Gasteiger charge is -2.09. The molecule has 0 atom stereocenters. The first kappa shape index (κ1) is 14.7. The van der Waals surface area contributed by atoms with E-state index in [-0.39, 0.29) is 0 Å². The van der Waals surface area contributed by atoms with Crippen LogP contribution in [0.3, 0.4) is 0 Å². The Morgan fingerprint density at radius 3 is 2.39 bits per heavy atom. The number of hydrogen-bond acceptors (Lipinski definition) is 3. The third kappa shape index (κ3) is 3.35. The molecule has 1 aromatic heterocycles. The van der Waals surface area contributed by atoms with Gasteiger partial charge in [0.1, 0.15) is 5.82 Å². The number of aromatic nitrogens is 1. The van der Waals surface area contributed by atoms with E-state index in [1.807, 2.05) is 49.4 Å². The Morgan fingerprint density at radius 1 is 0.870 bits per heavy atom. The highest BCUT2D eigenvalue weighted by Crippen LogP contribution is 2.22. The Bertz CT molecular complexity index is 868. The van der Waals surface area contributed by atoms with E-state index in [9.17, 15) is 9.59 Å². The Balaban J connectivity index is 1.75. The highest BCUT2D eigenvalue weighted by molar-refractivity contribution is 6.44. The molecule has 2 amide bonds. The minimum Gasteiger partial charge on any atom is -0.317 e. The number of amides is 2. The van der Waals surface area contributed by atoms with E-state index < -0.39 is 11.8 Å². The number of anilines is 2. The van der Waals surface area contributed by atoms with Gasteiger partial charge >= 0.3 is 11.8 Å². The maximum absolute atomic E-state index is 12.1. The molecular weight excluding hydrogens is 290 g/mol. The van der Waals surface area contributed by atoms with Crippen molar-refractivity contribution >= 4 is 34.1 Å². The van der Waals surface area contributed by atoms with Crippen molar-refractivity contribution in [2.75, 3.05) is 10.6 Å². The van der Waals surface area contributed by atoms with Gasteiger partial charge in [0.25, 0.3) is 0 Å². The summed E-state index contributed by atoms with van der Waals surface area (Å²) in [6.45, 7) is 1.89. The van der Waals surface area contributed by atoms with Crippen LogP contribution in [0.25, 0.3) is 10.8 Å². The van der Waals surface area contributed by atoms with Crippen LogP contribution in [0.15, 0.2) is 60.8 Å². The number of hydrogen-bond donors (Lipinski definition) is 2. The highest BCUT2D eigenvalue weighted by Gasteiger charge is 2.15. The summed E-state index contributed by atoms with van der Waals surface area (Å²) in [5.41, 5.74) is 1.57. The SMILES string of the molecule is Cc1ccc(NC(=O)C(=O)Nc2cccc3ccccc23)nc1. The first-order valence-electron chi connectivity index (χ1n) is 7.16. The summed E-state index contributed by atoms with van der Waals surface area (Å²) in [4.78, 5) is 28.1. The molecule has 114 valence electrons. The lowest BCUT2D eigenvalue weighted by atomic mass is 10.1. The molecule has 1 heterocycles. The van der Waals surface area contributed by atoms with Crippen molar-refractivity contribution in [2.45, 2.75) is 6.92 Å². The maximum atomic E-state index is 12.1. The number of nitrogens with zero attached hydrogens (tertiary/aromatic N) is 1. The number of rotatable bonds is 2. The van der Waals surface area contributed by atoms with E-state index in [1.54, 1.807) is 18.3 Å². The van der Waals surface area contributed by atoms with Crippen molar-refractivity contribution < 1.29 is 9.59 Å². The fourth-order valence-electron chi connectivity index (χ4n) is 2.23. The smallest absolute Gasteiger partial charge is 0.315 e. The lowest BCUT2D eigenvalue weighted by Crippen LogP contribution is -2.29. The van der Waals surface area contributed by atoms with Gasteiger partial charge < -0.3 is 10.6 Å². The summed E-state index contributed by atoms with van der Waals surface area (Å²) >= 11 is 0. The quantitative estimate of drug-likeness (QED) is 0.715. The van der Waals surface area contributed by atoms with Gasteiger partial charge in [0.15, 0.2) is 0 Å². The summed E-state index contributed by atoms with van der Waals surface area (Å²) in [6, 6.07) is 16.6. The van der Waals surface area contributed by atoms with E-state index in [1.165, 1.54) is 0 Å². The molecule has 0 fully saturated rings. The third-order valence-corrected chi connectivity index (χ3v) is 3.40. The summed E-state index contributed by atoms with van der Waals surface area (Å²) in [7, 11) is 0. The van der Waals surface area contributed by atoms with Crippen LogP contribution < -0.4 is 10.6 Å². The summed E-state index contributed by atoms with van der Waals surface area (Å²) in [5.74, 6) is -1.15. The van der Waals surface area contributed by atoms with E-state index in [2.05, 4.69) is 15.6 Å². The zero-order valence-corrected chi connectivity index (χ0v) is 12.5. The van der Waals surface area contributed by atoms with Gasteiger partial charge in [-0.25, -0.2) is 4.98 Å². The highest BCUT2D eigenvalue weighted by atomic mass is 16.2. The molecule has 5 nitrogen and oxygen atoms in total. The van der Waals surface area contributed by atoms with Crippen molar-refractivity contribution in [3.63, 3.8) is 0 Å². The molecular formula is C18H15N3O2. The van der Waals surface area contributed by atoms with E-state index in [0.29, 0.717) is 11.5 Å². The minimum atomic E-state index is -0.755. The molecule has 2 aromatic carbocycles.